The van der Waals surface area contributed by atoms with Crippen molar-refractivity contribution in [2.45, 2.75) is 19.3 Å². The molecule has 0 aliphatic heterocycles. The molecule has 1 aliphatic carbocycles. The maximum absolute atomic E-state index is 6.47. The molecule has 0 radical (unpaired) electrons. The van der Waals surface area contributed by atoms with Crippen LogP contribution in [0.25, 0.3) is 300 Å². The summed E-state index contributed by atoms with van der Waals surface area (Å²) in [4.78, 5) is 33.8. The quantitative estimate of drug-likeness (QED) is 0.153. The van der Waals surface area contributed by atoms with E-state index in [1.807, 2.05) is 36.4 Å². The molecule has 32 aromatic rings. The Kier molecular flexibility index (Phi) is 17.7. The van der Waals surface area contributed by atoms with Crippen molar-refractivity contribution in [1.29, 1.82) is 0 Å². The molecule has 0 atom stereocenters. The number of aromatic nitrogens is 9. The summed E-state index contributed by atoms with van der Waals surface area (Å²) in [6, 6.07) is 163. The Bertz CT molecular complexity index is 11300. The van der Waals surface area contributed by atoms with Crippen LogP contribution in [0.3, 0.4) is 0 Å². The summed E-state index contributed by atoms with van der Waals surface area (Å²) in [7, 11) is 0. The first kappa shape index (κ1) is 81.9. The Morgan fingerprint density at radius 1 is 0.212 bits per heavy atom. The van der Waals surface area contributed by atoms with Crippen molar-refractivity contribution >= 4 is 248 Å². The Hall–Kier alpha value is -18.9. The first-order chi connectivity index (χ1) is 72.3. The van der Waals surface area contributed by atoms with Crippen molar-refractivity contribution in [2.24, 2.45) is 0 Å². The van der Waals surface area contributed by atoms with Crippen molar-refractivity contribution in [1.82, 2.24) is 43.6 Å². The van der Waals surface area contributed by atoms with Gasteiger partial charge in [0.1, 0.15) is 21.6 Å². The van der Waals surface area contributed by atoms with Gasteiger partial charge >= 0.3 is 0 Å². The standard InChI is InChI=1S/C47H31N3.C44H25N3O.C44H25N3S/c1-47(2)37-26-14-12-24-35(37)44-42(47)43(28-16-4-3-5-17-28)48-46(49-44)50-38-27-15-13-25-36(38)41-40-32-21-9-7-19-30(32)29-18-6-8-20-31(29)39(40)33-22-10-11-23-34(33)45(41)50;1-2-14-26(15-3-1)40-43-41(34-23-11-13-25-36(34)48-43)46-44(45-40)47-35-24-12-10-22-33(35)39-38-30-19-7-5-17-28(30)27-16-4-6-18-29(27)37(38)31-20-8-9-21-32(31)42(39)47;1-2-14-26(15-3-1)41-40-34-23-11-13-25-36(34)48-43(40)46-44(45-41)47-35-24-12-10-22-33(35)39-38-30-19-7-5-17-28(30)27-16-4-6-18-29(27)37(38)31-20-8-9-21-32(31)42(39)47/h3-27H,1-2H3;2*1-25H. The molecule has 11 heteroatoms. The van der Waals surface area contributed by atoms with Gasteiger partial charge in [0.05, 0.1) is 50.2 Å². The molecule has 0 N–H and O–H groups in total. The minimum absolute atomic E-state index is 0.251. The van der Waals surface area contributed by atoms with Crippen LogP contribution in [0.2, 0.25) is 0 Å². The van der Waals surface area contributed by atoms with E-state index in [-0.39, 0.29) is 5.41 Å². The van der Waals surface area contributed by atoms with E-state index in [0.717, 1.165) is 99.3 Å². The van der Waals surface area contributed by atoms with Gasteiger partial charge in [0.15, 0.2) is 5.58 Å². The van der Waals surface area contributed by atoms with Crippen molar-refractivity contribution in [2.75, 3.05) is 0 Å². The van der Waals surface area contributed by atoms with Crippen LogP contribution in [0.15, 0.2) is 459 Å². The van der Waals surface area contributed by atoms with Crippen LogP contribution in [0.4, 0.5) is 0 Å². The number of para-hydroxylation sites is 4. The predicted octanol–water partition coefficient (Wildman–Crippen LogP) is 36.1. The van der Waals surface area contributed by atoms with Gasteiger partial charge in [-0.25, -0.2) is 29.9 Å². The molecule has 0 bridgehead atoms. The molecular formula is C135H81N9OS. The summed E-state index contributed by atoms with van der Waals surface area (Å²) in [6.07, 6.45) is 0. The van der Waals surface area contributed by atoms with Gasteiger partial charge in [-0.15, -0.1) is 11.3 Å². The lowest BCUT2D eigenvalue weighted by molar-refractivity contribution is 0.657. The number of furan rings is 1. The second-order valence-electron chi connectivity index (χ2n) is 39.1. The third-order valence-electron chi connectivity index (χ3n) is 31.1. The smallest absolute Gasteiger partial charge is 0.236 e. The summed E-state index contributed by atoms with van der Waals surface area (Å²) in [5.74, 6) is 2.00. The van der Waals surface area contributed by atoms with Gasteiger partial charge in [-0.05, 0) is 139 Å². The Labute approximate surface area is 838 Å². The van der Waals surface area contributed by atoms with E-state index in [4.69, 9.17) is 34.3 Å². The summed E-state index contributed by atoms with van der Waals surface area (Å²) >= 11 is 1.74. The molecule has 0 saturated carbocycles. The molecule has 0 amide bonds. The lowest BCUT2D eigenvalue weighted by atomic mass is 9.81. The first-order valence-corrected chi connectivity index (χ1v) is 50.7. The third kappa shape index (κ3) is 11.7. The van der Waals surface area contributed by atoms with Crippen LogP contribution in [0.1, 0.15) is 25.0 Å². The van der Waals surface area contributed by atoms with E-state index in [0.29, 0.717) is 23.4 Å². The second-order valence-corrected chi connectivity index (χ2v) is 40.1. The molecule has 0 fully saturated rings. The monoisotopic (exact) mass is 1880 g/mol. The largest absolute Gasteiger partial charge is 0.452 e. The van der Waals surface area contributed by atoms with Crippen LogP contribution in [-0.4, -0.2) is 43.6 Å². The molecule has 0 saturated heterocycles. The fourth-order valence-corrected chi connectivity index (χ4v) is 26.2. The molecule has 33 rings (SSSR count). The Balaban J connectivity index is 0.0000000995. The lowest BCUT2D eigenvalue weighted by Gasteiger charge is -2.24. The normalized spacial score (nSPS) is 12.6. The summed E-state index contributed by atoms with van der Waals surface area (Å²) < 4.78 is 14.6. The van der Waals surface area contributed by atoms with Gasteiger partial charge in [0, 0.05) is 119 Å². The van der Waals surface area contributed by atoms with Gasteiger partial charge in [-0.2, -0.15) is 0 Å². The van der Waals surface area contributed by atoms with Gasteiger partial charge in [-0.1, -0.05) is 432 Å². The van der Waals surface area contributed by atoms with E-state index < -0.39 is 0 Å². The number of hydrogen-bond acceptors (Lipinski definition) is 8. The summed E-state index contributed by atoms with van der Waals surface area (Å²) in [5.41, 5.74) is 19.3. The average molecular weight is 1880 g/mol. The van der Waals surface area contributed by atoms with Gasteiger partial charge in [-0.3, -0.25) is 13.7 Å². The highest BCUT2D eigenvalue weighted by Gasteiger charge is 2.41. The molecule has 1 aliphatic rings. The number of hydrogen-bond donors (Lipinski definition) is 0. The van der Waals surface area contributed by atoms with Gasteiger partial charge in [0.2, 0.25) is 17.8 Å². The molecular weight excluding hydrogens is 1800 g/mol. The zero-order chi connectivity index (χ0) is 95.8. The van der Waals surface area contributed by atoms with Crippen molar-refractivity contribution in [3.05, 3.63) is 466 Å². The maximum atomic E-state index is 6.47. The fourth-order valence-electron chi connectivity index (χ4n) is 25.1. The molecule has 0 spiro atoms. The SMILES string of the molecule is CC1(C)c2ccccc2-c2nc(-n3c4ccccc4c4c5c6ccccc6c6ccccc6c5c5ccccc5c43)nc(-c3ccccc3)c21.c1ccc(-c2nc(-n3c4ccccc4c4c5c6ccccc6c6ccccc6c5c5ccccc5c43)nc3c2oc2ccccc23)cc1.c1ccc(-c2nc(-n3c4ccccc4c4c5c6ccccc6c6ccccc6c5c5ccccc5c43)nc3sc4ccccc4c23)cc1. The molecule has 8 heterocycles. The third-order valence-corrected chi connectivity index (χ3v) is 32.1. The lowest BCUT2D eigenvalue weighted by Crippen LogP contribution is -2.18. The highest BCUT2D eigenvalue weighted by molar-refractivity contribution is 7.25. The molecule has 8 aromatic heterocycles. The maximum Gasteiger partial charge on any atom is 0.236 e. The Morgan fingerprint density at radius 3 is 0.925 bits per heavy atom. The molecule has 146 heavy (non-hydrogen) atoms. The molecule has 678 valence electrons. The van der Waals surface area contributed by atoms with Crippen LogP contribution < -0.4 is 0 Å². The van der Waals surface area contributed by atoms with Gasteiger partial charge in [0.25, 0.3) is 0 Å². The molecule has 0 unspecified atom stereocenters. The predicted molar refractivity (Wildman–Crippen MR) is 613 cm³/mol. The van der Waals surface area contributed by atoms with Crippen LogP contribution >= 0.6 is 11.3 Å². The minimum Gasteiger partial charge on any atom is -0.452 e. The van der Waals surface area contributed by atoms with E-state index in [2.05, 4.69) is 446 Å². The fraction of sp³-hybridized carbons (Fsp3) is 0.0222. The van der Waals surface area contributed by atoms with Crippen LogP contribution in [0, 0.1) is 0 Å². The number of fused-ring (bicyclic) bond motifs is 48. The van der Waals surface area contributed by atoms with Gasteiger partial charge < -0.3 is 4.42 Å². The first-order valence-electron chi connectivity index (χ1n) is 49.9. The average Bonchev–Trinajstić information content (AvgIpc) is 1.55. The highest BCUT2D eigenvalue weighted by Crippen LogP contribution is 2.57. The topological polar surface area (TPSA) is 105 Å². The molecule has 10 nitrogen and oxygen atoms in total. The van der Waals surface area contributed by atoms with Crippen molar-refractivity contribution < 1.29 is 4.42 Å². The Morgan fingerprint density at radius 2 is 0.500 bits per heavy atom. The molecule has 24 aromatic carbocycles. The summed E-state index contributed by atoms with van der Waals surface area (Å²) in [5, 5.41) is 40.6. The summed E-state index contributed by atoms with van der Waals surface area (Å²) in [6.45, 7) is 4.62. The second kappa shape index (κ2) is 31.5. The number of thiophene rings is 1. The van der Waals surface area contributed by atoms with E-state index >= 15 is 0 Å². The number of benzene rings is 24. The van der Waals surface area contributed by atoms with Crippen LogP contribution in [-0.2, 0) is 5.41 Å². The highest BCUT2D eigenvalue weighted by atomic mass is 32.1. The van der Waals surface area contributed by atoms with Crippen molar-refractivity contribution in [3.63, 3.8) is 0 Å². The zero-order valence-electron chi connectivity index (χ0n) is 79.1. The van der Waals surface area contributed by atoms with Crippen molar-refractivity contribution in [3.8, 4) is 62.9 Å². The number of rotatable bonds is 6. The van der Waals surface area contributed by atoms with E-state index in [1.165, 1.54) is 188 Å². The van der Waals surface area contributed by atoms with E-state index in [9.17, 15) is 0 Å². The van der Waals surface area contributed by atoms with Crippen LogP contribution in [0.5, 0.6) is 0 Å². The number of nitrogens with zero attached hydrogens (tertiary/aromatic N) is 9. The minimum atomic E-state index is -0.251. The zero-order valence-corrected chi connectivity index (χ0v) is 80.0. The van der Waals surface area contributed by atoms with E-state index in [1.54, 1.807) is 11.3 Å².